The zero-order valence-corrected chi connectivity index (χ0v) is 10.9. The molecule has 1 amide bonds. The Kier molecular flexibility index (Phi) is 3.06. The predicted octanol–water partition coefficient (Wildman–Crippen LogP) is 3.03. The lowest BCUT2D eigenvalue weighted by Gasteiger charge is -2.18. The summed E-state index contributed by atoms with van der Waals surface area (Å²) in [6.45, 7) is 0. The largest absolute Gasteiger partial charge is 0.349 e. The van der Waals surface area contributed by atoms with Crippen LogP contribution in [0.25, 0.3) is 0 Å². The molecule has 1 aromatic carbocycles. The molecule has 2 aliphatic carbocycles. The van der Waals surface area contributed by atoms with Crippen molar-refractivity contribution in [1.29, 1.82) is 0 Å². The number of carbonyl (C=O) groups excluding carboxylic acids is 1. The smallest absolute Gasteiger partial charge is 0.254 e. The summed E-state index contributed by atoms with van der Waals surface area (Å²) in [6, 6.07) is 4.58. The molecule has 2 saturated carbocycles. The topological polar surface area (TPSA) is 29.1 Å². The monoisotopic (exact) mass is 265 g/mol. The molecule has 0 spiro atoms. The van der Waals surface area contributed by atoms with Crippen LogP contribution < -0.4 is 5.32 Å². The van der Waals surface area contributed by atoms with Crippen molar-refractivity contribution < 1.29 is 9.18 Å². The molecule has 96 valence electrons. The molecular formula is C14H16FNOS. The highest BCUT2D eigenvalue weighted by atomic mass is 32.1. The van der Waals surface area contributed by atoms with Crippen LogP contribution in [0.3, 0.4) is 0 Å². The lowest BCUT2D eigenvalue weighted by molar-refractivity contribution is 0.0922. The highest BCUT2D eigenvalue weighted by Crippen LogP contribution is 2.44. The first kappa shape index (κ1) is 12.0. The molecule has 0 unspecified atom stereocenters. The van der Waals surface area contributed by atoms with Crippen molar-refractivity contribution in [3.05, 3.63) is 29.6 Å². The van der Waals surface area contributed by atoms with E-state index >= 15 is 0 Å². The molecule has 0 saturated heterocycles. The number of rotatable bonds is 4. The number of carbonyl (C=O) groups is 1. The third-order valence-electron chi connectivity index (χ3n) is 3.75. The highest BCUT2D eigenvalue weighted by molar-refractivity contribution is 7.80. The van der Waals surface area contributed by atoms with Crippen LogP contribution in [0.4, 0.5) is 4.39 Å². The third-order valence-corrected chi connectivity index (χ3v) is 4.03. The first-order chi connectivity index (χ1) is 8.65. The van der Waals surface area contributed by atoms with Crippen LogP contribution in [0.5, 0.6) is 0 Å². The Labute approximate surface area is 111 Å². The van der Waals surface area contributed by atoms with E-state index in [4.69, 9.17) is 0 Å². The van der Waals surface area contributed by atoms with Crippen molar-refractivity contribution in [3.63, 3.8) is 0 Å². The minimum atomic E-state index is -0.476. The highest BCUT2D eigenvalue weighted by Gasteiger charge is 2.42. The van der Waals surface area contributed by atoms with Gasteiger partial charge in [0.25, 0.3) is 5.91 Å². The van der Waals surface area contributed by atoms with Crippen LogP contribution in [-0.2, 0) is 0 Å². The number of amides is 1. The first-order valence-electron chi connectivity index (χ1n) is 6.44. The zero-order chi connectivity index (χ0) is 12.7. The van der Waals surface area contributed by atoms with Gasteiger partial charge in [0.05, 0.1) is 5.56 Å². The second kappa shape index (κ2) is 4.57. The Hall–Kier alpha value is -1.03. The van der Waals surface area contributed by atoms with Gasteiger partial charge in [-0.15, -0.1) is 12.6 Å². The van der Waals surface area contributed by atoms with Gasteiger partial charge in [-0.25, -0.2) is 4.39 Å². The lowest BCUT2D eigenvalue weighted by Crippen LogP contribution is -2.38. The van der Waals surface area contributed by atoms with Crippen LogP contribution in [0, 0.1) is 17.7 Å². The summed E-state index contributed by atoms with van der Waals surface area (Å²) in [7, 11) is 0. The molecule has 18 heavy (non-hydrogen) atoms. The molecule has 1 aromatic rings. The molecule has 3 rings (SSSR count). The Morgan fingerprint density at radius 2 is 1.89 bits per heavy atom. The molecular weight excluding hydrogens is 249 g/mol. The van der Waals surface area contributed by atoms with Crippen molar-refractivity contribution in [1.82, 2.24) is 5.32 Å². The fourth-order valence-electron chi connectivity index (χ4n) is 2.45. The first-order valence-corrected chi connectivity index (χ1v) is 6.89. The van der Waals surface area contributed by atoms with Gasteiger partial charge in [0.15, 0.2) is 0 Å². The summed E-state index contributed by atoms with van der Waals surface area (Å²) in [6.07, 6.45) is 4.76. The number of benzene rings is 1. The second-order valence-electron chi connectivity index (χ2n) is 5.34. The van der Waals surface area contributed by atoms with Crippen LogP contribution >= 0.6 is 12.6 Å². The minimum absolute atomic E-state index is 0.105. The van der Waals surface area contributed by atoms with Gasteiger partial charge in [-0.1, -0.05) is 0 Å². The summed E-state index contributed by atoms with van der Waals surface area (Å²) in [5.74, 6) is 0.454. The van der Waals surface area contributed by atoms with Crippen LogP contribution in [0.2, 0.25) is 0 Å². The Balaban J connectivity index is 1.75. The normalized spacial score (nSPS) is 19.1. The van der Waals surface area contributed by atoms with Crippen molar-refractivity contribution in [2.75, 3.05) is 0 Å². The van der Waals surface area contributed by atoms with Crippen molar-refractivity contribution in [2.45, 2.75) is 36.6 Å². The van der Waals surface area contributed by atoms with E-state index in [0.29, 0.717) is 16.7 Å². The molecule has 1 N–H and O–H groups in total. The van der Waals surface area contributed by atoms with E-state index < -0.39 is 5.82 Å². The van der Waals surface area contributed by atoms with Gasteiger partial charge in [-0.2, -0.15) is 0 Å². The van der Waals surface area contributed by atoms with E-state index in [0.717, 1.165) is 0 Å². The molecule has 2 fully saturated rings. The van der Waals surface area contributed by atoms with Gasteiger partial charge < -0.3 is 5.32 Å². The van der Waals surface area contributed by atoms with Gasteiger partial charge in [0, 0.05) is 10.9 Å². The number of halogens is 1. The predicted molar refractivity (Wildman–Crippen MR) is 70.4 cm³/mol. The van der Waals surface area contributed by atoms with E-state index in [9.17, 15) is 9.18 Å². The average Bonchev–Trinajstić information content (AvgIpc) is 3.21. The Bertz CT molecular complexity index is 471. The zero-order valence-electron chi connectivity index (χ0n) is 10.0. The minimum Gasteiger partial charge on any atom is -0.349 e. The standard InChI is InChI=1S/C14H16FNOS/c15-12-6-5-10(18)7-11(12)14(17)16-13(8-1-2-8)9-3-4-9/h5-9,13,18H,1-4H2,(H,16,17). The maximum absolute atomic E-state index is 13.6. The summed E-state index contributed by atoms with van der Waals surface area (Å²) in [5.41, 5.74) is 0.105. The van der Waals surface area contributed by atoms with Crippen molar-refractivity contribution >= 4 is 18.5 Å². The number of nitrogens with one attached hydrogen (secondary N) is 1. The van der Waals surface area contributed by atoms with Gasteiger partial charge in [-0.3, -0.25) is 4.79 Å². The molecule has 0 atom stereocenters. The maximum atomic E-state index is 13.6. The quantitative estimate of drug-likeness (QED) is 0.805. The molecule has 0 radical (unpaired) electrons. The van der Waals surface area contributed by atoms with Crippen LogP contribution in [0.1, 0.15) is 36.0 Å². The molecule has 4 heteroatoms. The van der Waals surface area contributed by atoms with Gasteiger partial charge in [-0.05, 0) is 55.7 Å². The SMILES string of the molecule is O=C(NC(C1CC1)C1CC1)c1cc(S)ccc1F. The van der Waals surface area contributed by atoms with Crippen molar-refractivity contribution in [3.8, 4) is 0 Å². The molecule has 0 heterocycles. The summed E-state index contributed by atoms with van der Waals surface area (Å²) in [4.78, 5) is 12.7. The Morgan fingerprint density at radius 3 is 2.44 bits per heavy atom. The van der Waals surface area contributed by atoms with E-state index in [1.54, 1.807) is 6.07 Å². The maximum Gasteiger partial charge on any atom is 0.254 e. The summed E-state index contributed by atoms with van der Waals surface area (Å²) >= 11 is 4.15. The molecule has 2 nitrogen and oxygen atoms in total. The fraction of sp³-hybridized carbons (Fsp3) is 0.500. The van der Waals surface area contributed by atoms with Crippen LogP contribution in [0.15, 0.2) is 23.1 Å². The molecule has 0 aliphatic heterocycles. The number of hydrogen-bond acceptors (Lipinski definition) is 2. The Morgan fingerprint density at radius 1 is 1.28 bits per heavy atom. The summed E-state index contributed by atoms with van der Waals surface area (Å²) in [5, 5.41) is 3.01. The number of hydrogen-bond donors (Lipinski definition) is 2. The van der Waals surface area contributed by atoms with Gasteiger partial charge >= 0.3 is 0 Å². The average molecular weight is 265 g/mol. The second-order valence-corrected chi connectivity index (χ2v) is 5.85. The third kappa shape index (κ3) is 2.53. The summed E-state index contributed by atoms with van der Waals surface area (Å²) < 4.78 is 13.6. The van der Waals surface area contributed by atoms with Crippen molar-refractivity contribution in [2.24, 2.45) is 11.8 Å². The van der Waals surface area contributed by atoms with E-state index in [1.165, 1.54) is 37.8 Å². The fourth-order valence-corrected chi connectivity index (χ4v) is 2.65. The van der Waals surface area contributed by atoms with Gasteiger partial charge in [0.2, 0.25) is 0 Å². The number of thiol groups is 1. The molecule has 2 aliphatic rings. The molecule has 0 aromatic heterocycles. The van der Waals surface area contributed by atoms with E-state index in [1.807, 2.05) is 0 Å². The lowest BCUT2D eigenvalue weighted by atomic mass is 10.1. The van der Waals surface area contributed by atoms with E-state index in [2.05, 4.69) is 17.9 Å². The molecule has 0 bridgehead atoms. The van der Waals surface area contributed by atoms with Gasteiger partial charge in [0.1, 0.15) is 5.82 Å². The van der Waals surface area contributed by atoms with Crippen LogP contribution in [-0.4, -0.2) is 11.9 Å². The van der Waals surface area contributed by atoms with E-state index in [-0.39, 0.29) is 17.5 Å².